The Kier molecular flexibility index (Phi) is 5.24. The second kappa shape index (κ2) is 6.77. The molecule has 0 aliphatic carbocycles. The third-order valence-electron chi connectivity index (χ3n) is 3.78. The van der Waals surface area contributed by atoms with E-state index in [4.69, 9.17) is 4.74 Å². The molecule has 21 heavy (non-hydrogen) atoms. The minimum Gasteiger partial charge on any atom is -0.374 e. The summed E-state index contributed by atoms with van der Waals surface area (Å²) in [6.07, 6.45) is -4.35. The summed E-state index contributed by atoms with van der Waals surface area (Å²) in [6.45, 7) is 4.95. The van der Waals surface area contributed by atoms with Crippen LogP contribution in [0.3, 0.4) is 0 Å². The van der Waals surface area contributed by atoms with Gasteiger partial charge in [0.15, 0.2) is 0 Å². The molecular formula is C15H21F3N2O. The number of nitrogens with zero attached hydrogens (tertiary/aromatic N) is 1. The summed E-state index contributed by atoms with van der Waals surface area (Å²) in [7, 11) is 1.98. The molecule has 0 amide bonds. The zero-order valence-corrected chi connectivity index (χ0v) is 12.3. The van der Waals surface area contributed by atoms with Crippen molar-refractivity contribution in [3.8, 4) is 0 Å². The van der Waals surface area contributed by atoms with E-state index in [1.807, 2.05) is 14.0 Å². The predicted molar refractivity (Wildman–Crippen MR) is 75.1 cm³/mol. The quantitative estimate of drug-likeness (QED) is 0.925. The summed E-state index contributed by atoms with van der Waals surface area (Å²) >= 11 is 0. The average molecular weight is 302 g/mol. The van der Waals surface area contributed by atoms with Crippen LogP contribution in [0.25, 0.3) is 0 Å². The van der Waals surface area contributed by atoms with E-state index in [1.165, 1.54) is 0 Å². The Bertz CT molecular complexity index is 447. The lowest BCUT2D eigenvalue weighted by Gasteiger charge is -2.39. The summed E-state index contributed by atoms with van der Waals surface area (Å²) in [4.78, 5) is 2.13. The maximum absolute atomic E-state index is 12.6. The molecule has 1 aromatic rings. The van der Waals surface area contributed by atoms with Gasteiger partial charge in [0.1, 0.15) is 0 Å². The van der Waals surface area contributed by atoms with Crippen LogP contribution in [-0.2, 0) is 10.9 Å². The second-order valence-corrected chi connectivity index (χ2v) is 5.26. The van der Waals surface area contributed by atoms with Gasteiger partial charge in [-0.1, -0.05) is 19.1 Å². The Morgan fingerprint density at radius 3 is 2.52 bits per heavy atom. The van der Waals surface area contributed by atoms with Crippen LogP contribution in [0.2, 0.25) is 0 Å². The van der Waals surface area contributed by atoms with Crippen molar-refractivity contribution in [1.82, 2.24) is 10.2 Å². The monoisotopic (exact) mass is 302 g/mol. The van der Waals surface area contributed by atoms with E-state index >= 15 is 0 Å². The molecule has 2 rings (SSSR count). The predicted octanol–water partition coefficient (Wildman–Crippen LogP) is 2.69. The molecule has 1 aromatic carbocycles. The van der Waals surface area contributed by atoms with Crippen molar-refractivity contribution in [2.75, 3.05) is 33.3 Å². The van der Waals surface area contributed by atoms with Gasteiger partial charge in [-0.3, -0.25) is 4.90 Å². The van der Waals surface area contributed by atoms with Crippen LogP contribution in [0, 0.1) is 0 Å². The summed E-state index contributed by atoms with van der Waals surface area (Å²) in [5.41, 5.74) is 0.238. The molecule has 3 nitrogen and oxygen atoms in total. The Morgan fingerprint density at radius 2 is 1.95 bits per heavy atom. The van der Waals surface area contributed by atoms with Crippen LogP contribution in [-0.4, -0.2) is 44.3 Å². The maximum Gasteiger partial charge on any atom is 0.416 e. The molecule has 1 fully saturated rings. The molecule has 1 N–H and O–H groups in total. The highest BCUT2D eigenvalue weighted by Crippen LogP contribution is 2.32. The van der Waals surface area contributed by atoms with Crippen molar-refractivity contribution in [3.05, 3.63) is 35.4 Å². The van der Waals surface area contributed by atoms with Gasteiger partial charge < -0.3 is 10.1 Å². The number of morpholine rings is 1. The molecule has 0 saturated carbocycles. The normalized spacial score (nSPS) is 24.2. The van der Waals surface area contributed by atoms with E-state index in [0.717, 1.165) is 30.8 Å². The van der Waals surface area contributed by atoms with Crippen molar-refractivity contribution < 1.29 is 17.9 Å². The highest BCUT2D eigenvalue weighted by Gasteiger charge is 2.33. The molecule has 6 heteroatoms. The maximum atomic E-state index is 12.6. The van der Waals surface area contributed by atoms with Crippen molar-refractivity contribution in [1.29, 1.82) is 0 Å². The number of halogens is 3. The summed E-state index contributed by atoms with van der Waals surface area (Å²) < 4.78 is 43.7. The first kappa shape index (κ1) is 16.3. The molecule has 2 atom stereocenters. The largest absolute Gasteiger partial charge is 0.416 e. The van der Waals surface area contributed by atoms with Crippen LogP contribution in [0.1, 0.15) is 24.1 Å². The van der Waals surface area contributed by atoms with Crippen molar-refractivity contribution >= 4 is 0 Å². The van der Waals surface area contributed by atoms with Crippen molar-refractivity contribution in [2.24, 2.45) is 0 Å². The first-order chi connectivity index (χ1) is 9.93. The SMILES string of the molecule is CCNCC1OCCN(C)C1c1ccc(C(F)(F)F)cc1. The lowest BCUT2D eigenvalue weighted by Crippen LogP contribution is -2.47. The standard InChI is InChI=1S/C15H21F3N2O/c1-3-19-10-13-14(20(2)8-9-21-13)11-4-6-12(7-5-11)15(16,17)18/h4-7,13-14,19H,3,8-10H2,1-2H3. The van der Waals surface area contributed by atoms with Crippen LogP contribution in [0.5, 0.6) is 0 Å². The van der Waals surface area contributed by atoms with Gasteiger partial charge in [-0.15, -0.1) is 0 Å². The first-order valence-electron chi connectivity index (χ1n) is 7.13. The lowest BCUT2D eigenvalue weighted by molar-refractivity contribution is -0.137. The third-order valence-corrected chi connectivity index (χ3v) is 3.78. The fourth-order valence-corrected chi connectivity index (χ4v) is 2.66. The van der Waals surface area contributed by atoms with E-state index < -0.39 is 11.7 Å². The molecule has 2 unspecified atom stereocenters. The average Bonchev–Trinajstić information content (AvgIpc) is 2.44. The topological polar surface area (TPSA) is 24.5 Å². The third kappa shape index (κ3) is 3.96. The molecule has 0 radical (unpaired) electrons. The van der Waals surface area contributed by atoms with Crippen LogP contribution in [0.4, 0.5) is 13.2 Å². The molecule has 0 bridgehead atoms. The van der Waals surface area contributed by atoms with Gasteiger partial charge in [0.25, 0.3) is 0 Å². The van der Waals surface area contributed by atoms with E-state index in [9.17, 15) is 13.2 Å². The van der Waals surface area contributed by atoms with Gasteiger partial charge in [0.05, 0.1) is 24.3 Å². The Hall–Kier alpha value is -1.11. The van der Waals surface area contributed by atoms with Gasteiger partial charge in [0, 0.05) is 13.1 Å². The molecule has 0 aromatic heterocycles. The summed E-state index contributed by atoms with van der Waals surface area (Å²) in [6, 6.07) is 5.36. The number of nitrogens with one attached hydrogen (secondary N) is 1. The molecule has 1 aliphatic rings. The number of likely N-dealkylation sites (N-methyl/N-ethyl adjacent to an activating group) is 2. The van der Waals surface area contributed by atoms with Gasteiger partial charge in [-0.25, -0.2) is 0 Å². The van der Waals surface area contributed by atoms with E-state index in [2.05, 4.69) is 10.2 Å². The van der Waals surface area contributed by atoms with Crippen LogP contribution >= 0.6 is 0 Å². The van der Waals surface area contributed by atoms with E-state index in [0.29, 0.717) is 13.2 Å². The highest BCUT2D eigenvalue weighted by atomic mass is 19.4. The molecule has 0 spiro atoms. The number of rotatable bonds is 4. The molecule has 118 valence electrons. The van der Waals surface area contributed by atoms with Gasteiger partial charge in [-0.05, 0) is 31.3 Å². The molecule has 1 aliphatic heterocycles. The summed E-state index contributed by atoms with van der Waals surface area (Å²) in [5.74, 6) is 0. The minimum atomic E-state index is -4.29. The molecular weight excluding hydrogens is 281 g/mol. The number of alkyl halides is 3. The highest BCUT2D eigenvalue weighted by molar-refractivity contribution is 5.28. The van der Waals surface area contributed by atoms with Crippen molar-refractivity contribution in [2.45, 2.75) is 25.2 Å². The fraction of sp³-hybridized carbons (Fsp3) is 0.600. The molecule has 1 saturated heterocycles. The number of benzene rings is 1. The number of hydrogen-bond donors (Lipinski definition) is 1. The van der Waals surface area contributed by atoms with Crippen LogP contribution in [0.15, 0.2) is 24.3 Å². The fourth-order valence-electron chi connectivity index (χ4n) is 2.66. The Morgan fingerprint density at radius 1 is 1.29 bits per heavy atom. The second-order valence-electron chi connectivity index (χ2n) is 5.26. The molecule has 1 heterocycles. The number of hydrogen-bond acceptors (Lipinski definition) is 3. The van der Waals surface area contributed by atoms with E-state index in [1.54, 1.807) is 12.1 Å². The van der Waals surface area contributed by atoms with Crippen molar-refractivity contribution in [3.63, 3.8) is 0 Å². The smallest absolute Gasteiger partial charge is 0.374 e. The van der Waals surface area contributed by atoms with Crippen LogP contribution < -0.4 is 5.32 Å². The first-order valence-corrected chi connectivity index (χ1v) is 7.13. The number of ether oxygens (including phenoxy) is 1. The zero-order valence-electron chi connectivity index (χ0n) is 12.3. The summed E-state index contributed by atoms with van der Waals surface area (Å²) in [5, 5.41) is 3.24. The van der Waals surface area contributed by atoms with Gasteiger partial charge in [-0.2, -0.15) is 13.2 Å². The van der Waals surface area contributed by atoms with E-state index in [-0.39, 0.29) is 12.1 Å². The Balaban J connectivity index is 2.19. The van der Waals surface area contributed by atoms with Gasteiger partial charge >= 0.3 is 6.18 Å². The lowest BCUT2D eigenvalue weighted by atomic mass is 9.97. The Labute approximate surface area is 123 Å². The van der Waals surface area contributed by atoms with Gasteiger partial charge in [0.2, 0.25) is 0 Å². The zero-order chi connectivity index (χ0) is 15.5. The minimum absolute atomic E-state index is 0.0277.